The highest BCUT2D eigenvalue weighted by Gasteiger charge is 2.33. The molecule has 5 aromatic rings. The average Bonchev–Trinajstić information content (AvgIpc) is 2.89. The van der Waals surface area contributed by atoms with E-state index in [-0.39, 0.29) is 6.04 Å². The second-order valence-electron chi connectivity index (χ2n) is 8.06. The molecular weight excluding hydrogens is 388 g/mol. The molecule has 0 radical (unpaired) electrons. The van der Waals surface area contributed by atoms with Crippen LogP contribution in [0.2, 0.25) is 0 Å². The lowest BCUT2D eigenvalue weighted by Crippen LogP contribution is -2.28. The lowest BCUT2D eigenvalue weighted by molar-refractivity contribution is 0.865. The van der Waals surface area contributed by atoms with Crippen LogP contribution in [0.3, 0.4) is 0 Å². The Morgan fingerprint density at radius 3 is 2.06 bits per heavy atom. The molecule has 6 rings (SSSR count). The first-order valence-corrected chi connectivity index (χ1v) is 10.9. The van der Waals surface area contributed by atoms with Crippen LogP contribution in [-0.2, 0) is 0 Å². The maximum absolute atomic E-state index is 4.83. The van der Waals surface area contributed by atoms with Crippen LogP contribution in [0, 0.1) is 0 Å². The predicted molar refractivity (Wildman–Crippen MR) is 134 cm³/mol. The van der Waals surface area contributed by atoms with Crippen molar-refractivity contribution in [3.63, 3.8) is 0 Å². The number of rotatable bonds is 3. The van der Waals surface area contributed by atoms with Gasteiger partial charge in [0.1, 0.15) is 0 Å². The third kappa shape index (κ3) is 3.09. The highest BCUT2D eigenvalue weighted by molar-refractivity contribution is 6.05. The smallest absolute Gasteiger partial charge is 0.0945 e. The fourth-order valence-corrected chi connectivity index (χ4v) is 4.73. The molecule has 2 heterocycles. The molecule has 0 bridgehead atoms. The van der Waals surface area contributed by atoms with E-state index in [0.717, 1.165) is 22.3 Å². The van der Waals surface area contributed by atoms with Gasteiger partial charge in [-0.05, 0) is 41.0 Å². The number of benzene rings is 4. The van der Waals surface area contributed by atoms with E-state index in [9.17, 15) is 0 Å². The van der Waals surface area contributed by atoms with Gasteiger partial charge in [0.05, 0.1) is 17.2 Å². The largest absolute Gasteiger partial charge is 0.327 e. The van der Waals surface area contributed by atoms with E-state index >= 15 is 0 Å². The molecule has 0 aliphatic carbocycles. The standard InChI is InChI=1S/C30H22N2/c1-4-11-22(12-5-1)27-21-25-19-18-23-15-10-20-31-28(23)30(25)32(26-16-8-3-9-17-26)29(27)24-13-6-2-7-14-24/h1-21,29H. The van der Waals surface area contributed by atoms with Crippen molar-refractivity contribution in [2.24, 2.45) is 0 Å². The second kappa shape index (κ2) is 7.82. The van der Waals surface area contributed by atoms with Gasteiger partial charge in [0.2, 0.25) is 0 Å². The summed E-state index contributed by atoms with van der Waals surface area (Å²) in [5.41, 5.74) is 8.29. The van der Waals surface area contributed by atoms with Gasteiger partial charge in [-0.1, -0.05) is 97.1 Å². The molecule has 2 heteroatoms. The van der Waals surface area contributed by atoms with Crippen LogP contribution >= 0.6 is 0 Å². The molecule has 152 valence electrons. The van der Waals surface area contributed by atoms with E-state index in [2.05, 4.69) is 120 Å². The Hall–Kier alpha value is -4.17. The van der Waals surface area contributed by atoms with Crippen molar-refractivity contribution in [3.8, 4) is 0 Å². The Bertz CT molecular complexity index is 1410. The number of fused-ring (bicyclic) bond motifs is 3. The molecule has 0 fully saturated rings. The zero-order chi connectivity index (χ0) is 21.3. The highest BCUT2D eigenvalue weighted by Crippen LogP contribution is 2.50. The molecule has 2 nitrogen and oxygen atoms in total. The van der Waals surface area contributed by atoms with Crippen LogP contribution in [0.4, 0.5) is 11.4 Å². The number of aromatic nitrogens is 1. The van der Waals surface area contributed by atoms with Crippen molar-refractivity contribution in [1.29, 1.82) is 0 Å². The number of hydrogen-bond donors (Lipinski definition) is 0. The average molecular weight is 411 g/mol. The maximum atomic E-state index is 4.83. The van der Waals surface area contributed by atoms with E-state index < -0.39 is 0 Å². The minimum atomic E-state index is 0.0288. The summed E-state index contributed by atoms with van der Waals surface area (Å²) < 4.78 is 0. The third-order valence-corrected chi connectivity index (χ3v) is 6.14. The minimum absolute atomic E-state index is 0.0288. The molecular formula is C30H22N2. The molecule has 0 N–H and O–H groups in total. The van der Waals surface area contributed by atoms with Gasteiger partial charge in [-0.25, -0.2) is 0 Å². The minimum Gasteiger partial charge on any atom is -0.327 e. The molecule has 0 saturated heterocycles. The molecule has 0 amide bonds. The number of nitrogens with zero attached hydrogens (tertiary/aromatic N) is 2. The van der Waals surface area contributed by atoms with Crippen molar-refractivity contribution < 1.29 is 0 Å². The van der Waals surface area contributed by atoms with Gasteiger partial charge in [-0.2, -0.15) is 0 Å². The van der Waals surface area contributed by atoms with Gasteiger partial charge < -0.3 is 4.90 Å². The van der Waals surface area contributed by atoms with Gasteiger partial charge in [0.25, 0.3) is 0 Å². The maximum Gasteiger partial charge on any atom is 0.0945 e. The van der Waals surface area contributed by atoms with Crippen molar-refractivity contribution in [1.82, 2.24) is 4.98 Å². The quantitative estimate of drug-likeness (QED) is 0.303. The molecule has 0 saturated carbocycles. The Kier molecular flexibility index (Phi) is 4.54. The van der Waals surface area contributed by atoms with Gasteiger partial charge in [-0.3, -0.25) is 4.98 Å². The fraction of sp³-hybridized carbons (Fsp3) is 0.0333. The number of anilines is 2. The van der Waals surface area contributed by atoms with E-state index in [1.807, 2.05) is 12.3 Å². The van der Waals surface area contributed by atoms with Crippen LogP contribution in [0.25, 0.3) is 22.6 Å². The van der Waals surface area contributed by atoms with Crippen molar-refractivity contribution >= 4 is 33.9 Å². The van der Waals surface area contributed by atoms with Crippen molar-refractivity contribution in [2.45, 2.75) is 6.04 Å². The summed E-state index contributed by atoms with van der Waals surface area (Å²) in [6.07, 6.45) is 4.23. The summed E-state index contributed by atoms with van der Waals surface area (Å²) in [4.78, 5) is 7.29. The zero-order valence-corrected chi connectivity index (χ0v) is 17.6. The van der Waals surface area contributed by atoms with E-state index in [1.165, 1.54) is 22.3 Å². The van der Waals surface area contributed by atoms with Crippen molar-refractivity contribution in [2.75, 3.05) is 4.90 Å². The molecule has 1 unspecified atom stereocenters. The van der Waals surface area contributed by atoms with Gasteiger partial charge in [0.15, 0.2) is 0 Å². The predicted octanol–water partition coefficient (Wildman–Crippen LogP) is 7.67. The Balaban J connectivity index is 1.71. The molecule has 1 atom stereocenters. The van der Waals surface area contributed by atoms with Crippen LogP contribution < -0.4 is 4.90 Å². The topological polar surface area (TPSA) is 16.1 Å². The summed E-state index contributed by atoms with van der Waals surface area (Å²) >= 11 is 0. The Morgan fingerprint density at radius 1 is 0.625 bits per heavy atom. The van der Waals surface area contributed by atoms with Gasteiger partial charge in [0, 0.05) is 22.8 Å². The van der Waals surface area contributed by atoms with E-state index in [0.29, 0.717) is 0 Å². The Morgan fingerprint density at radius 2 is 1.31 bits per heavy atom. The zero-order valence-electron chi connectivity index (χ0n) is 17.6. The summed E-state index contributed by atoms with van der Waals surface area (Å²) in [5, 5.41) is 1.15. The number of pyridine rings is 1. The summed E-state index contributed by atoms with van der Waals surface area (Å²) in [6.45, 7) is 0. The lowest BCUT2D eigenvalue weighted by atomic mass is 9.85. The third-order valence-electron chi connectivity index (χ3n) is 6.14. The molecule has 1 aliphatic rings. The van der Waals surface area contributed by atoms with Crippen LogP contribution in [0.15, 0.2) is 121 Å². The first-order chi connectivity index (χ1) is 15.9. The normalized spacial score (nSPS) is 15.3. The molecule has 1 aromatic heterocycles. The number of para-hydroxylation sites is 1. The Labute approximate surface area is 188 Å². The summed E-state index contributed by atoms with van der Waals surface area (Å²) in [7, 11) is 0. The lowest BCUT2D eigenvalue weighted by Gasteiger charge is -2.40. The van der Waals surface area contributed by atoms with E-state index in [1.54, 1.807) is 0 Å². The number of hydrogen-bond acceptors (Lipinski definition) is 2. The van der Waals surface area contributed by atoms with Gasteiger partial charge >= 0.3 is 0 Å². The summed E-state index contributed by atoms with van der Waals surface area (Å²) in [5.74, 6) is 0. The van der Waals surface area contributed by atoms with Crippen LogP contribution in [0.5, 0.6) is 0 Å². The molecule has 1 aliphatic heterocycles. The van der Waals surface area contributed by atoms with E-state index in [4.69, 9.17) is 4.98 Å². The second-order valence-corrected chi connectivity index (χ2v) is 8.06. The molecule has 32 heavy (non-hydrogen) atoms. The summed E-state index contributed by atoms with van der Waals surface area (Å²) in [6, 6.07) is 40.7. The van der Waals surface area contributed by atoms with Crippen molar-refractivity contribution in [3.05, 3.63) is 138 Å². The molecule has 0 spiro atoms. The molecule has 4 aromatic carbocycles. The first-order valence-electron chi connectivity index (χ1n) is 10.9. The van der Waals surface area contributed by atoms with Crippen LogP contribution in [-0.4, -0.2) is 4.98 Å². The van der Waals surface area contributed by atoms with Crippen LogP contribution in [0.1, 0.15) is 22.7 Å². The SMILES string of the molecule is C1=C(c2ccccc2)C(c2ccccc2)N(c2ccccc2)c2c1ccc1cccnc21. The highest BCUT2D eigenvalue weighted by atomic mass is 15.2. The monoisotopic (exact) mass is 410 g/mol. The van der Waals surface area contributed by atoms with Gasteiger partial charge in [-0.15, -0.1) is 0 Å². The first kappa shape index (κ1) is 18.6. The fourth-order valence-electron chi connectivity index (χ4n) is 4.73.